The van der Waals surface area contributed by atoms with Crippen LogP contribution in [0.4, 0.5) is 0 Å². The highest BCUT2D eigenvalue weighted by Crippen LogP contribution is 2.58. The van der Waals surface area contributed by atoms with Gasteiger partial charge in [-0.05, 0) is 46.0 Å². The van der Waals surface area contributed by atoms with Gasteiger partial charge in [-0.25, -0.2) is 0 Å². The Morgan fingerprint density at radius 1 is 1.59 bits per heavy atom. The van der Waals surface area contributed by atoms with Crippen molar-refractivity contribution in [3.63, 3.8) is 0 Å². The molecule has 0 N–H and O–H groups in total. The fourth-order valence-corrected chi connectivity index (χ4v) is 2.29. The van der Waals surface area contributed by atoms with Gasteiger partial charge in [0.25, 0.3) is 0 Å². The first kappa shape index (κ1) is 13.8. The minimum absolute atomic E-state index is 0.177. The predicted octanol–water partition coefficient (Wildman–Crippen LogP) is 3.22. The lowest BCUT2D eigenvalue weighted by molar-refractivity contribution is -0.150. The van der Waals surface area contributed by atoms with Gasteiger partial charge in [0.05, 0.1) is 24.5 Å². The molecule has 0 saturated heterocycles. The summed E-state index contributed by atoms with van der Waals surface area (Å²) in [6.45, 7) is 6.34. The zero-order valence-corrected chi connectivity index (χ0v) is 11.0. The van der Waals surface area contributed by atoms with E-state index in [1.165, 1.54) is 5.57 Å². The van der Waals surface area contributed by atoms with E-state index in [4.69, 9.17) is 10.00 Å². The molecule has 0 heterocycles. The van der Waals surface area contributed by atoms with E-state index in [0.29, 0.717) is 18.9 Å². The maximum Gasteiger partial charge on any atom is 0.313 e. The largest absolute Gasteiger partial charge is 0.466 e. The molecule has 0 aromatic heterocycles. The molecule has 94 valence electrons. The second-order valence-electron chi connectivity index (χ2n) is 4.97. The third-order valence-electron chi connectivity index (χ3n) is 3.38. The van der Waals surface area contributed by atoms with Crippen LogP contribution in [-0.2, 0) is 9.53 Å². The third kappa shape index (κ3) is 3.33. The molecule has 0 aliphatic heterocycles. The summed E-state index contributed by atoms with van der Waals surface area (Å²) >= 11 is 0. The third-order valence-corrected chi connectivity index (χ3v) is 3.38. The number of hydrogen-bond acceptors (Lipinski definition) is 3. The molecule has 0 radical (unpaired) electrons. The summed E-state index contributed by atoms with van der Waals surface area (Å²) in [5.74, 6) is 0.153. The lowest BCUT2D eigenvalue weighted by Crippen LogP contribution is -2.21. The summed E-state index contributed by atoms with van der Waals surface area (Å²) in [7, 11) is 0. The van der Waals surface area contributed by atoms with Crippen molar-refractivity contribution in [3.8, 4) is 6.07 Å². The van der Waals surface area contributed by atoms with Crippen molar-refractivity contribution < 1.29 is 9.53 Å². The number of rotatable bonds is 6. The molecule has 1 aliphatic carbocycles. The van der Waals surface area contributed by atoms with Gasteiger partial charge in [-0.15, -0.1) is 0 Å². The van der Waals surface area contributed by atoms with Crippen molar-refractivity contribution in [1.29, 1.82) is 5.26 Å². The summed E-state index contributed by atoms with van der Waals surface area (Å²) in [5, 5.41) is 8.82. The first-order valence-corrected chi connectivity index (χ1v) is 6.24. The Kier molecular flexibility index (Phi) is 4.74. The van der Waals surface area contributed by atoms with Crippen molar-refractivity contribution in [2.24, 2.45) is 11.3 Å². The van der Waals surface area contributed by atoms with Gasteiger partial charge in [0.2, 0.25) is 0 Å². The Bertz CT molecular complexity index is 350. The van der Waals surface area contributed by atoms with Gasteiger partial charge < -0.3 is 4.74 Å². The van der Waals surface area contributed by atoms with Crippen LogP contribution in [0, 0.1) is 22.7 Å². The number of nitriles is 1. The molecular formula is C14H21NO2. The number of nitrogens with zero attached hydrogens (tertiary/aromatic N) is 1. The minimum Gasteiger partial charge on any atom is -0.466 e. The van der Waals surface area contributed by atoms with E-state index in [-0.39, 0.29) is 5.97 Å². The normalized spacial score (nSPS) is 25.9. The average molecular weight is 235 g/mol. The Labute approximate surface area is 103 Å². The Balaban J connectivity index is 2.52. The average Bonchev–Trinajstić information content (AvgIpc) is 2.93. The number of hydrogen-bond donors (Lipinski definition) is 0. The second kappa shape index (κ2) is 5.86. The molecular weight excluding hydrogens is 214 g/mol. The van der Waals surface area contributed by atoms with Gasteiger partial charge in [0.1, 0.15) is 0 Å². The zero-order valence-electron chi connectivity index (χ0n) is 11.0. The van der Waals surface area contributed by atoms with E-state index in [9.17, 15) is 4.79 Å². The van der Waals surface area contributed by atoms with E-state index in [2.05, 4.69) is 26.0 Å². The minimum atomic E-state index is -0.486. The first-order valence-electron chi connectivity index (χ1n) is 6.24. The quantitative estimate of drug-likeness (QED) is 0.524. The van der Waals surface area contributed by atoms with Crippen LogP contribution in [0.2, 0.25) is 0 Å². The van der Waals surface area contributed by atoms with Crippen LogP contribution in [0.5, 0.6) is 0 Å². The molecule has 0 aromatic rings. The van der Waals surface area contributed by atoms with Crippen molar-refractivity contribution in [2.75, 3.05) is 6.61 Å². The van der Waals surface area contributed by atoms with Gasteiger partial charge in [0.15, 0.2) is 0 Å². The SMILES string of the molecule is CCOC(=O)C1(CC#N)CC1CCC=C(C)C. The van der Waals surface area contributed by atoms with Crippen LogP contribution in [0.3, 0.4) is 0 Å². The van der Waals surface area contributed by atoms with Crippen LogP contribution >= 0.6 is 0 Å². The lowest BCUT2D eigenvalue weighted by Gasteiger charge is -2.11. The van der Waals surface area contributed by atoms with Crippen molar-refractivity contribution in [3.05, 3.63) is 11.6 Å². The molecule has 17 heavy (non-hydrogen) atoms. The van der Waals surface area contributed by atoms with E-state index >= 15 is 0 Å². The van der Waals surface area contributed by atoms with Crippen LogP contribution < -0.4 is 0 Å². The topological polar surface area (TPSA) is 50.1 Å². The maximum atomic E-state index is 11.8. The summed E-state index contributed by atoms with van der Waals surface area (Å²) in [6.07, 6.45) is 5.26. The number of carbonyl (C=O) groups excluding carboxylic acids is 1. The van der Waals surface area contributed by atoms with Gasteiger partial charge in [-0.1, -0.05) is 11.6 Å². The lowest BCUT2D eigenvalue weighted by atomic mass is 9.97. The number of carbonyl (C=O) groups is 1. The molecule has 1 saturated carbocycles. The Morgan fingerprint density at radius 3 is 2.82 bits per heavy atom. The molecule has 0 spiro atoms. The Morgan fingerprint density at radius 2 is 2.29 bits per heavy atom. The summed E-state index contributed by atoms with van der Waals surface area (Å²) < 4.78 is 5.07. The number of allylic oxidation sites excluding steroid dienone is 2. The molecule has 0 bridgehead atoms. The molecule has 3 heteroatoms. The standard InChI is InChI=1S/C14H21NO2/c1-4-17-13(16)14(8-9-15)10-12(14)7-5-6-11(2)3/h6,12H,4-5,7-8,10H2,1-3H3. The van der Waals surface area contributed by atoms with E-state index in [1.54, 1.807) is 6.92 Å². The van der Waals surface area contributed by atoms with Crippen LogP contribution in [0.25, 0.3) is 0 Å². The van der Waals surface area contributed by atoms with Gasteiger partial charge in [-0.2, -0.15) is 5.26 Å². The van der Waals surface area contributed by atoms with Gasteiger partial charge in [0, 0.05) is 0 Å². The summed E-state index contributed by atoms with van der Waals surface area (Å²) in [4.78, 5) is 11.8. The number of esters is 1. The van der Waals surface area contributed by atoms with Crippen molar-refractivity contribution in [2.45, 2.75) is 46.5 Å². The predicted molar refractivity (Wildman–Crippen MR) is 66.1 cm³/mol. The van der Waals surface area contributed by atoms with Crippen LogP contribution in [0.15, 0.2) is 11.6 Å². The second-order valence-corrected chi connectivity index (χ2v) is 4.97. The van der Waals surface area contributed by atoms with Crippen molar-refractivity contribution in [1.82, 2.24) is 0 Å². The molecule has 1 rings (SSSR count). The van der Waals surface area contributed by atoms with Gasteiger partial charge >= 0.3 is 5.97 Å². The van der Waals surface area contributed by atoms with Gasteiger partial charge in [-0.3, -0.25) is 4.79 Å². The number of ether oxygens (including phenoxy) is 1. The fourth-order valence-electron chi connectivity index (χ4n) is 2.29. The van der Waals surface area contributed by atoms with Crippen molar-refractivity contribution >= 4 is 5.97 Å². The van der Waals surface area contributed by atoms with Crippen LogP contribution in [-0.4, -0.2) is 12.6 Å². The highest BCUT2D eigenvalue weighted by molar-refractivity contribution is 5.81. The highest BCUT2D eigenvalue weighted by atomic mass is 16.5. The molecule has 2 atom stereocenters. The molecule has 1 aliphatic rings. The molecule has 2 unspecified atom stereocenters. The zero-order chi connectivity index (χ0) is 12.9. The smallest absolute Gasteiger partial charge is 0.313 e. The first-order chi connectivity index (χ1) is 8.06. The van der Waals surface area contributed by atoms with E-state index in [0.717, 1.165) is 19.3 Å². The molecule has 1 fully saturated rings. The van der Waals surface area contributed by atoms with E-state index < -0.39 is 5.41 Å². The summed E-state index contributed by atoms with van der Waals surface area (Å²) in [6, 6.07) is 2.12. The molecule has 0 amide bonds. The maximum absolute atomic E-state index is 11.8. The Hall–Kier alpha value is -1.30. The molecule has 0 aromatic carbocycles. The molecule has 3 nitrogen and oxygen atoms in total. The monoisotopic (exact) mass is 235 g/mol. The summed E-state index contributed by atoms with van der Waals surface area (Å²) in [5.41, 5.74) is 0.813. The highest BCUT2D eigenvalue weighted by Gasteiger charge is 2.60. The fraction of sp³-hybridized carbons (Fsp3) is 0.714. The van der Waals surface area contributed by atoms with Crippen LogP contribution in [0.1, 0.15) is 46.5 Å². The van der Waals surface area contributed by atoms with E-state index in [1.807, 2.05) is 0 Å².